The Morgan fingerprint density at radius 1 is 1.12 bits per heavy atom. The average Bonchev–Trinajstić information content (AvgIpc) is 2.40. The van der Waals surface area contributed by atoms with Crippen molar-refractivity contribution in [3.8, 4) is 0 Å². The number of nitrogens with zero attached hydrogens (tertiary/aromatic N) is 2. The van der Waals surface area contributed by atoms with Crippen LogP contribution < -0.4 is 15.8 Å². The summed E-state index contributed by atoms with van der Waals surface area (Å²) in [6.45, 7) is 2.92. The third-order valence-electron chi connectivity index (χ3n) is 3.55. The number of piperidine rings is 1. The number of H-pyrrole nitrogens is 1. The summed E-state index contributed by atoms with van der Waals surface area (Å²) < 4.78 is 0. The number of hydrogen-bond acceptors (Lipinski definition) is 4. The lowest BCUT2D eigenvalue weighted by Crippen LogP contribution is -2.34. The molecule has 1 aromatic rings. The van der Waals surface area contributed by atoms with E-state index in [1.54, 1.807) is 0 Å². The molecule has 3 heterocycles. The number of hydrogen-bond donors (Lipinski definition) is 2. The quantitative estimate of drug-likeness (QED) is 0.764. The van der Waals surface area contributed by atoms with Crippen LogP contribution in [0.15, 0.2) is 4.79 Å². The predicted octanol–water partition coefficient (Wildman–Crippen LogP) is 1.12. The van der Waals surface area contributed by atoms with Gasteiger partial charge < -0.3 is 10.2 Å². The van der Waals surface area contributed by atoms with Gasteiger partial charge in [-0.05, 0) is 32.1 Å². The Balaban J connectivity index is 1.95. The van der Waals surface area contributed by atoms with E-state index in [1.807, 2.05) is 0 Å². The van der Waals surface area contributed by atoms with Crippen molar-refractivity contribution in [1.82, 2.24) is 9.97 Å². The van der Waals surface area contributed by atoms with Crippen LogP contribution in [-0.4, -0.2) is 29.6 Å². The highest BCUT2D eigenvalue weighted by Gasteiger charge is 2.18. The van der Waals surface area contributed by atoms with Gasteiger partial charge in [-0.15, -0.1) is 0 Å². The molecule has 0 aliphatic carbocycles. The van der Waals surface area contributed by atoms with Gasteiger partial charge in [0.2, 0.25) is 5.95 Å². The van der Waals surface area contributed by atoms with E-state index < -0.39 is 0 Å². The molecule has 0 radical (unpaired) electrons. The molecule has 1 fully saturated rings. The fraction of sp³-hybridized carbons (Fsp3) is 0.667. The van der Waals surface area contributed by atoms with Crippen LogP contribution in [0.3, 0.4) is 0 Å². The Kier molecular flexibility index (Phi) is 2.74. The number of aromatic nitrogens is 2. The summed E-state index contributed by atoms with van der Waals surface area (Å²) in [4.78, 5) is 21.6. The van der Waals surface area contributed by atoms with Gasteiger partial charge in [-0.3, -0.25) is 9.78 Å². The number of fused-ring (bicyclic) bond motifs is 1. The lowest BCUT2D eigenvalue weighted by molar-refractivity contribution is 0.567. The first-order valence-electron chi connectivity index (χ1n) is 6.46. The second-order valence-corrected chi connectivity index (χ2v) is 4.79. The molecule has 2 N–H and O–H groups in total. The highest BCUT2D eigenvalue weighted by Crippen LogP contribution is 2.20. The van der Waals surface area contributed by atoms with E-state index in [0.717, 1.165) is 49.8 Å². The summed E-state index contributed by atoms with van der Waals surface area (Å²) in [6.07, 6.45) is 5.51. The number of aromatic amines is 1. The van der Waals surface area contributed by atoms with Crippen LogP contribution in [0.1, 0.15) is 31.2 Å². The zero-order chi connectivity index (χ0) is 11.7. The maximum atomic E-state index is 12.0. The lowest BCUT2D eigenvalue weighted by Gasteiger charge is -2.28. The Morgan fingerprint density at radius 2 is 1.94 bits per heavy atom. The van der Waals surface area contributed by atoms with Crippen molar-refractivity contribution in [1.29, 1.82) is 0 Å². The summed E-state index contributed by atoms with van der Waals surface area (Å²) in [7, 11) is 0. The van der Waals surface area contributed by atoms with Gasteiger partial charge in [-0.25, -0.2) is 0 Å². The monoisotopic (exact) mass is 234 g/mol. The van der Waals surface area contributed by atoms with Crippen LogP contribution in [0.4, 0.5) is 11.8 Å². The smallest absolute Gasteiger partial charge is 0.257 e. The molecule has 5 nitrogen and oxygen atoms in total. The molecule has 2 aliphatic rings. The zero-order valence-corrected chi connectivity index (χ0v) is 9.96. The van der Waals surface area contributed by atoms with Crippen LogP contribution in [0.5, 0.6) is 0 Å². The summed E-state index contributed by atoms with van der Waals surface area (Å²) >= 11 is 0. The van der Waals surface area contributed by atoms with Crippen molar-refractivity contribution in [3.63, 3.8) is 0 Å². The second kappa shape index (κ2) is 4.39. The van der Waals surface area contributed by atoms with Gasteiger partial charge in [-0.1, -0.05) is 0 Å². The minimum Gasteiger partial charge on any atom is -0.370 e. The van der Waals surface area contributed by atoms with Crippen LogP contribution in [0.25, 0.3) is 0 Å². The topological polar surface area (TPSA) is 61.0 Å². The standard InChI is InChI=1S/C12H18N4O/c17-11-9-5-4-6-13-10(9)14-12(15-11)16-7-2-1-3-8-16/h1-8H2,(H2,13,14,15,17). The van der Waals surface area contributed by atoms with E-state index in [1.165, 1.54) is 19.3 Å². The van der Waals surface area contributed by atoms with Crippen LogP contribution in [0.2, 0.25) is 0 Å². The van der Waals surface area contributed by atoms with E-state index in [0.29, 0.717) is 0 Å². The number of rotatable bonds is 1. The molecular weight excluding hydrogens is 216 g/mol. The second-order valence-electron chi connectivity index (χ2n) is 4.79. The molecule has 0 atom stereocenters. The van der Waals surface area contributed by atoms with Crippen LogP contribution >= 0.6 is 0 Å². The maximum absolute atomic E-state index is 12.0. The van der Waals surface area contributed by atoms with Crippen molar-refractivity contribution in [2.75, 3.05) is 29.9 Å². The Morgan fingerprint density at radius 3 is 2.76 bits per heavy atom. The highest BCUT2D eigenvalue weighted by atomic mass is 16.1. The van der Waals surface area contributed by atoms with Crippen molar-refractivity contribution in [2.45, 2.75) is 32.1 Å². The molecule has 92 valence electrons. The van der Waals surface area contributed by atoms with E-state index in [9.17, 15) is 4.79 Å². The molecule has 2 aliphatic heterocycles. The molecule has 0 saturated carbocycles. The third kappa shape index (κ3) is 2.01. The van der Waals surface area contributed by atoms with Crippen molar-refractivity contribution in [3.05, 3.63) is 15.9 Å². The molecule has 0 aromatic carbocycles. The molecule has 1 aromatic heterocycles. The normalized spacial score (nSPS) is 19.6. The minimum atomic E-state index is 0.0303. The fourth-order valence-electron chi connectivity index (χ4n) is 2.59. The van der Waals surface area contributed by atoms with Crippen LogP contribution in [0, 0.1) is 0 Å². The first-order chi connectivity index (χ1) is 8.34. The van der Waals surface area contributed by atoms with E-state index in [-0.39, 0.29) is 5.56 Å². The van der Waals surface area contributed by atoms with E-state index >= 15 is 0 Å². The summed E-state index contributed by atoms with van der Waals surface area (Å²) in [5, 5.41) is 3.23. The molecule has 17 heavy (non-hydrogen) atoms. The van der Waals surface area contributed by atoms with Crippen molar-refractivity contribution < 1.29 is 0 Å². The average molecular weight is 234 g/mol. The summed E-state index contributed by atoms with van der Waals surface area (Å²) in [6, 6.07) is 0. The molecule has 0 bridgehead atoms. The predicted molar refractivity (Wildman–Crippen MR) is 67.7 cm³/mol. The van der Waals surface area contributed by atoms with E-state index in [4.69, 9.17) is 0 Å². The molecule has 5 heteroatoms. The molecule has 1 saturated heterocycles. The zero-order valence-electron chi connectivity index (χ0n) is 9.96. The molecule has 0 spiro atoms. The maximum Gasteiger partial charge on any atom is 0.257 e. The van der Waals surface area contributed by atoms with Crippen LogP contribution in [-0.2, 0) is 6.42 Å². The van der Waals surface area contributed by atoms with Gasteiger partial charge in [0.15, 0.2) is 0 Å². The first-order valence-corrected chi connectivity index (χ1v) is 6.46. The SMILES string of the molecule is O=c1[nH]c(N2CCCCC2)nc2c1CCCN2. The molecule has 0 amide bonds. The Labute approximate surface area is 100 Å². The van der Waals surface area contributed by atoms with Gasteiger partial charge in [0.1, 0.15) is 5.82 Å². The van der Waals surface area contributed by atoms with Gasteiger partial charge in [-0.2, -0.15) is 4.98 Å². The molecule has 3 rings (SSSR count). The highest BCUT2D eigenvalue weighted by molar-refractivity contribution is 5.49. The Hall–Kier alpha value is -1.52. The van der Waals surface area contributed by atoms with Gasteiger partial charge >= 0.3 is 0 Å². The lowest BCUT2D eigenvalue weighted by atomic mass is 10.1. The number of nitrogens with one attached hydrogen (secondary N) is 2. The third-order valence-corrected chi connectivity index (χ3v) is 3.55. The van der Waals surface area contributed by atoms with Gasteiger partial charge in [0.25, 0.3) is 5.56 Å². The fourth-order valence-corrected chi connectivity index (χ4v) is 2.59. The number of anilines is 2. The first kappa shape index (κ1) is 10.6. The minimum absolute atomic E-state index is 0.0303. The summed E-state index contributed by atoms with van der Waals surface area (Å²) in [5.41, 5.74) is 0.847. The molecular formula is C12H18N4O. The van der Waals surface area contributed by atoms with E-state index in [2.05, 4.69) is 20.2 Å². The Bertz CT molecular complexity index is 462. The van der Waals surface area contributed by atoms with Crippen molar-refractivity contribution >= 4 is 11.8 Å². The largest absolute Gasteiger partial charge is 0.370 e. The van der Waals surface area contributed by atoms with Crippen molar-refractivity contribution in [2.24, 2.45) is 0 Å². The summed E-state index contributed by atoms with van der Waals surface area (Å²) in [5.74, 6) is 1.53. The van der Waals surface area contributed by atoms with Gasteiger partial charge in [0.05, 0.1) is 5.56 Å². The van der Waals surface area contributed by atoms with Gasteiger partial charge in [0, 0.05) is 19.6 Å². The molecule has 0 unspecified atom stereocenters.